The topological polar surface area (TPSA) is 37.4 Å². The van der Waals surface area contributed by atoms with Crippen molar-refractivity contribution < 1.29 is 14.0 Å². The van der Waals surface area contributed by atoms with Crippen molar-refractivity contribution in [3.63, 3.8) is 0 Å². The maximum Gasteiger partial charge on any atom is 0.241 e. The first-order valence-corrected chi connectivity index (χ1v) is 5.77. The first kappa shape index (κ1) is 12.0. The summed E-state index contributed by atoms with van der Waals surface area (Å²) in [6, 6.07) is 5.17. The molecule has 0 unspecified atom stereocenters. The van der Waals surface area contributed by atoms with Gasteiger partial charge < -0.3 is 0 Å². The van der Waals surface area contributed by atoms with E-state index in [0.717, 1.165) is 21.0 Å². The van der Waals surface area contributed by atoms with Crippen LogP contribution in [0.1, 0.15) is 12.0 Å². The Kier molecular flexibility index (Phi) is 3.11. The molecule has 3 nitrogen and oxygen atoms in total. The Morgan fingerprint density at radius 3 is 2.59 bits per heavy atom. The molecule has 1 aromatic carbocycles. The standard InChI is InChI=1S/C12H9BrFNO2/c1-7-2-8(13)4-9(3-7)15-11(14)5-10(16)6-12(15)17/h2-5H,6H2,1H3. The van der Waals surface area contributed by atoms with Crippen LogP contribution in [-0.2, 0) is 9.59 Å². The van der Waals surface area contributed by atoms with E-state index in [1.807, 2.05) is 13.0 Å². The molecule has 1 aliphatic heterocycles. The highest BCUT2D eigenvalue weighted by Crippen LogP contribution is 2.28. The lowest BCUT2D eigenvalue weighted by atomic mass is 10.1. The number of nitrogens with zero attached hydrogens (tertiary/aromatic N) is 1. The number of benzene rings is 1. The summed E-state index contributed by atoms with van der Waals surface area (Å²) in [5.74, 6) is -1.88. The highest BCUT2D eigenvalue weighted by Gasteiger charge is 2.27. The Balaban J connectivity index is 2.49. The molecule has 0 saturated carbocycles. The van der Waals surface area contributed by atoms with Crippen LogP contribution in [0.2, 0.25) is 0 Å². The summed E-state index contributed by atoms with van der Waals surface area (Å²) in [7, 11) is 0. The van der Waals surface area contributed by atoms with Crippen LogP contribution in [0, 0.1) is 6.92 Å². The van der Waals surface area contributed by atoms with E-state index in [1.165, 1.54) is 0 Å². The van der Waals surface area contributed by atoms with Crippen molar-refractivity contribution in [1.82, 2.24) is 0 Å². The Bertz CT molecular complexity index is 519. The third kappa shape index (κ3) is 2.44. The lowest BCUT2D eigenvalue weighted by molar-refractivity contribution is -0.125. The van der Waals surface area contributed by atoms with Crippen LogP contribution in [-0.4, -0.2) is 11.7 Å². The smallest absolute Gasteiger partial charge is 0.241 e. The van der Waals surface area contributed by atoms with Crippen LogP contribution in [0.15, 0.2) is 34.7 Å². The van der Waals surface area contributed by atoms with Gasteiger partial charge in [-0.3, -0.25) is 14.5 Å². The van der Waals surface area contributed by atoms with E-state index in [-0.39, 0.29) is 6.42 Å². The molecule has 0 aromatic heterocycles. The van der Waals surface area contributed by atoms with Gasteiger partial charge in [0, 0.05) is 10.5 Å². The number of hydrogen-bond acceptors (Lipinski definition) is 2. The van der Waals surface area contributed by atoms with Gasteiger partial charge in [-0.05, 0) is 30.7 Å². The van der Waals surface area contributed by atoms with Crippen molar-refractivity contribution >= 4 is 33.3 Å². The lowest BCUT2D eigenvalue weighted by Gasteiger charge is -2.23. The van der Waals surface area contributed by atoms with Crippen LogP contribution >= 0.6 is 15.9 Å². The van der Waals surface area contributed by atoms with E-state index >= 15 is 0 Å². The molecule has 1 heterocycles. The van der Waals surface area contributed by atoms with Crippen molar-refractivity contribution in [1.29, 1.82) is 0 Å². The second-order valence-electron chi connectivity index (χ2n) is 3.83. The van der Waals surface area contributed by atoms with Gasteiger partial charge in [-0.1, -0.05) is 15.9 Å². The monoisotopic (exact) mass is 297 g/mol. The van der Waals surface area contributed by atoms with Crippen molar-refractivity contribution in [2.24, 2.45) is 0 Å². The molecular weight excluding hydrogens is 289 g/mol. The number of aryl methyl sites for hydroxylation is 1. The van der Waals surface area contributed by atoms with Crippen molar-refractivity contribution in [2.75, 3.05) is 4.90 Å². The van der Waals surface area contributed by atoms with E-state index in [1.54, 1.807) is 12.1 Å². The van der Waals surface area contributed by atoms with Crippen LogP contribution in [0.25, 0.3) is 0 Å². The number of hydrogen-bond donors (Lipinski definition) is 0. The zero-order valence-corrected chi connectivity index (χ0v) is 10.6. The zero-order chi connectivity index (χ0) is 12.6. The molecule has 0 N–H and O–H groups in total. The average Bonchev–Trinajstić information content (AvgIpc) is 2.13. The average molecular weight is 298 g/mol. The van der Waals surface area contributed by atoms with Crippen LogP contribution in [0.3, 0.4) is 0 Å². The minimum atomic E-state index is -0.830. The number of carbonyl (C=O) groups is 2. The van der Waals surface area contributed by atoms with Gasteiger partial charge in [-0.2, -0.15) is 4.39 Å². The minimum absolute atomic E-state index is 0.293. The van der Waals surface area contributed by atoms with E-state index in [2.05, 4.69) is 15.9 Å². The molecule has 0 aliphatic carbocycles. The normalized spacial score (nSPS) is 16.2. The summed E-state index contributed by atoms with van der Waals surface area (Å²) < 4.78 is 14.4. The molecule has 2 rings (SSSR count). The molecular formula is C12H9BrFNO2. The van der Waals surface area contributed by atoms with E-state index in [9.17, 15) is 14.0 Å². The SMILES string of the molecule is Cc1cc(Br)cc(N2C(=O)CC(=O)C=C2F)c1. The Morgan fingerprint density at radius 2 is 2.00 bits per heavy atom. The third-order valence-corrected chi connectivity index (χ3v) is 2.81. The Hall–Kier alpha value is -1.49. The van der Waals surface area contributed by atoms with Gasteiger partial charge in [0.25, 0.3) is 0 Å². The largest absolute Gasteiger partial charge is 0.294 e. The number of carbonyl (C=O) groups excluding carboxylic acids is 2. The van der Waals surface area contributed by atoms with E-state index in [4.69, 9.17) is 0 Å². The number of amides is 1. The number of rotatable bonds is 1. The molecule has 1 aromatic rings. The molecule has 17 heavy (non-hydrogen) atoms. The van der Waals surface area contributed by atoms with Gasteiger partial charge >= 0.3 is 0 Å². The van der Waals surface area contributed by atoms with Crippen LogP contribution < -0.4 is 4.90 Å². The number of ketones is 1. The summed E-state index contributed by atoms with van der Waals surface area (Å²) >= 11 is 3.28. The maximum atomic E-state index is 13.6. The van der Waals surface area contributed by atoms with Gasteiger partial charge in [0.2, 0.25) is 11.9 Å². The first-order valence-electron chi connectivity index (χ1n) is 4.97. The first-order chi connectivity index (χ1) is 7.97. The maximum absolute atomic E-state index is 13.6. The summed E-state index contributed by atoms with van der Waals surface area (Å²) in [6.07, 6.45) is 0.552. The van der Waals surface area contributed by atoms with Crippen molar-refractivity contribution in [3.05, 3.63) is 40.3 Å². The summed E-state index contributed by atoms with van der Waals surface area (Å²) in [6.45, 7) is 1.84. The quantitative estimate of drug-likeness (QED) is 0.590. The Morgan fingerprint density at radius 1 is 1.29 bits per heavy atom. The fourth-order valence-corrected chi connectivity index (χ4v) is 2.30. The fourth-order valence-electron chi connectivity index (χ4n) is 1.71. The zero-order valence-electron chi connectivity index (χ0n) is 9.04. The second-order valence-corrected chi connectivity index (χ2v) is 4.74. The van der Waals surface area contributed by atoms with E-state index in [0.29, 0.717) is 5.69 Å². The molecule has 5 heteroatoms. The molecule has 0 saturated heterocycles. The molecule has 88 valence electrons. The predicted molar refractivity (Wildman–Crippen MR) is 65.2 cm³/mol. The molecule has 0 radical (unpaired) electrons. The summed E-state index contributed by atoms with van der Waals surface area (Å²) in [4.78, 5) is 23.6. The highest BCUT2D eigenvalue weighted by atomic mass is 79.9. The number of anilines is 1. The van der Waals surface area contributed by atoms with Crippen molar-refractivity contribution in [3.8, 4) is 0 Å². The van der Waals surface area contributed by atoms with Gasteiger partial charge in [0.1, 0.15) is 0 Å². The van der Waals surface area contributed by atoms with E-state index < -0.39 is 17.6 Å². The minimum Gasteiger partial charge on any atom is -0.294 e. The molecule has 0 fully saturated rings. The Labute approximate surface area is 106 Å². The second kappa shape index (κ2) is 4.41. The van der Waals surface area contributed by atoms with Gasteiger partial charge in [0.05, 0.1) is 12.1 Å². The molecule has 1 amide bonds. The summed E-state index contributed by atoms with van der Waals surface area (Å²) in [5.41, 5.74) is 1.31. The highest BCUT2D eigenvalue weighted by molar-refractivity contribution is 9.10. The number of halogens is 2. The van der Waals surface area contributed by atoms with Gasteiger partial charge in [-0.25, -0.2) is 0 Å². The third-order valence-electron chi connectivity index (χ3n) is 2.35. The van der Waals surface area contributed by atoms with Gasteiger partial charge in [-0.15, -0.1) is 0 Å². The predicted octanol–water partition coefficient (Wildman–Crippen LogP) is 2.87. The molecule has 1 aliphatic rings. The lowest BCUT2D eigenvalue weighted by Crippen LogP contribution is -2.34. The molecule has 0 spiro atoms. The van der Waals surface area contributed by atoms with Crippen LogP contribution in [0.5, 0.6) is 0 Å². The van der Waals surface area contributed by atoms with Gasteiger partial charge in [0.15, 0.2) is 5.78 Å². The molecule has 0 atom stereocenters. The molecule has 0 bridgehead atoms. The van der Waals surface area contributed by atoms with Crippen LogP contribution in [0.4, 0.5) is 10.1 Å². The summed E-state index contributed by atoms with van der Waals surface area (Å²) in [5, 5.41) is 0. The fraction of sp³-hybridized carbons (Fsp3) is 0.167. The number of allylic oxidation sites excluding steroid dienone is 1. The van der Waals surface area contributed by atoms with Crippen molar-refractivity contribution in [2.45, 2.75) is 13.3 Å².